The lowest BCUT2D eigenvalue weighted by Gasteiger charge is -2.13. The lowest BCUT2D eigenvalue weighted by molar-refractivity contribution is -0.139. The molecule has 0 heterocycles. The number of benzene rings is 1. The van der Waals surface area contributed by atoms with E-state index >= 15 is 0 Å². The highest BCUT2D eigenvalue weighted by Gasteiger charge is 2.26. The maximum atomic E-state index is 11.9. The van der Waals surface area contributed by atoms with Crippen LogP contribution in [0.3, 0.4) is 0 Å². The van der Waals surface area contributed by atoms with E-state index in [0.29, 0.717) is 0 Å². The van der Waals surface area contributed by atoms with E-state index in [2.05, 4.69) is 0 Å². The van der Waals surface area contributed by atoms with Crippen LogP contribution in [0.4, 0.5) is 0 Å². The van der Waals surface area contributed by atoms with Gasteiger partial charge in [-0.2, -0.15) is 4.72 Å². The highest BCUT2D eigenvalue weighted by atomic mass is 35.5. The summed E-state index contributed by atoms with van der Waals surface area (Å²) in [5, 5.41) is 17.2. The highest BCUT2D eigenvalue weighted by Crippen LogP contribution is 2.28. The van der Waals surface area contributed by atoms with E-state index in [4.69, 9.17) is 33.4 Å². The topological polar surface area (TPSA) is 104 Å². The average Bonchev–Trinajstić information content (AvgIpc) is 2.29. The summed E-state index contributed by atoms with van der Waals surface area (Å²) in [5.74, 6) is -1.50. The van der Waals surface area contributed by atoms with Crippen LogP contribution >= 0.6 is 23.2 Å². The summed E-state index contributed by atoms with van der Waals surface area (Å²) in [6.45, 7) is -0.882. The molecule has 1 rings (SSSR count). The van der Waals surface area contributed by atoms with Gasteiger partial charge in [0.2, 0.25) is 10.0 Å². The van der Waals surface area contributed by atoms with Crippen molar-refractivity contribution in [3.05, 3.63) is 28.2 Å². The van der Waals surface area contributed by atoms with Gasteiger partial charge in [-0.25, -0.2) is 8.42 Å². The minimum atomic E-state index is -4.18. The number of halogens is 2. The van der Waals surface area contributed by atoms with Crippen molar-refractivity contribution in [3.63, 3.8) is 0 Å². The third-order valence-electron chi connectivity index (χ3n) is 1.98. The quantitative estimate of drug-likeness (QED) is 0.743. The lowest BCUT2D eigenvalue weighted by Crippen LogP contribution is -2.43. The first-order valence-electron chi connectivity index (χ1n) is 4.59. The Labute approximate surface area is 113 Å². The molecule has 0 saturated heterocycles. The molecule has 1 aromatic rings. The Kier molecular flexibility index (Phi) is 4.94. The van der Waals surface area contributed by atoms with Crippen LogP contribution in [-0.4, -0.2) is 37.2 Å². The second kappa shape index (κ2) is 5.85. The molecule has 18 heavy (non-hydrogen) atoms. The number of sulfonamides is 1. The van der Waals surface area contributed by atoms with Crippen molar-refractivity contribution in [1.29, 1.82) is 0 Å². The molecule has 0 radical (unpaired) electrons. The first-order valence-corrected chi connectivity index (χ1v) is 6.83. The van der Waals surface area contributed by atoms with Crippen LogP contribution in [0.5, 0.6) is 0 Å². The summed E-state index contributed by atoms with van der Waals surface area (Å²) >= 11 is 11.4. The minimum Gasteiger partial charge on any atom is -0.480 e. The van der Waals surface area contributed by atoms with Crippen LogP contribution < -0.4 is 4.72 Å². The van der Waals surface area contributed by atoms with Crippen molar-refractivity contribution in [1.82, 2.24) is 4.72 Å². The van der Waals surface area contributed by atoms with E-state index < -0.39 is 28.6 Å². The number of carboxylic acid groups (broad SMARTS) is 1. The van der Waals surface area contributed by atoms with Crippen LogP contribution in [0.2, 0.25) is 10.0 Å². The summed E-state index contributed by atoms with van der Waals surface area (Å²) in [6, 6.07) is 2.28. The van der Waals surface area contributed by atoms with Crippen molar-refractivity contribution >= 4 is 39.2 Å². The average molecular weight is 314 g/mol. The van der Waals surface area contributed by atoms with Crippen molar-refractivity contribution < 1.29 is 23.4 Å². The fraction of sp³-hybridized carbons (Fsp3) is 0.222. The van der Waals surface area contributed by atoms with E-state index in [-0.39, 0.29) is 14.9 Å². The molecule has 9 heteroatoms. The predicted molar refractivity (Wildman–Crippen MR) is 65.3 cm³/mol. The molecule has 0 aromatic heterocycles. The maximum absolute atomic E-state index is 11.9. The van der Waals surface area contributed by atoms with Gasteiger partial charge >= 0.3 is 5.97 Å². The molecule has 0 bridgehead atoms. The van der Waals surface area contributed by atoms with Gasteiger partial charge in [-0.15, -0.1) is 0 Å². The van der Waals surface area contributed by atoms with Crippen LogP contribution in [0.15, 0.2) is 23.1 Å². The van der Waals surface area contributed by atoms with Crippen molar-refractivity contribution in [2.45, 2.75) is 10.9 Å². The number of hydrogen-bond acceptors (Lipinski definition) is 4. The number of aliphatic hydroxyl groups is 1. The smallest absolute Gasteiger partial charge is 0.324 e. The second-order valence-corrected chi connectivity index (χ2v) is 5.71. The maximum Gasteiger partial charge on any atom is 0.324 e. The summed E-state index contributed by atoms with van der Waals surface area (Å²) in [4.78, 5) is 10.3. The largest absolute Gasteiger partial charge is 0.480 e. The van der Waals surface area contributed by atoms with E-state index in [9.17, 15) is 13.2 Å². The fourth-order valence-electron chi connectivity index (χ4n) is 1.11. The van der Waals surface area contributed by atoms with Crippen LogP contribution in [0.1, 0.15) is 0 Å². The molecule has 0 aliphatic rings. The fourth-order valence-corrected chi connectivity index (χ4v) is 3.05. The summed E-state index contributed by atoms with van der Waals surface area (Å²) in [5.41, 5.74) is 0. The highest BCUT2D eigenvalue weighted by molar-refractivity contribution is 7.89. The van der Waals surface area contributed by atoms with Gasteiger partial charge in [0.05, 0.1) is 16.7 Å². The normalized spacial score (nSPS) is 13.3. The van der Waals surface area contributed by atoms with Gasteiger partial charge in [0.15, 0.2) is 0 Å². The molecule has 0 aliphatic heterocycles. The molecule has 100 valence electrons. The Morgan fingerprint density at radius 1 is 1.39 bits per heavy atom. The van der Waals surface area contributed by atoms with E-state index in [1.807, 2.05) is 0 Å². The Hall–Kier alpha value is -0.860. The van der Waals surface area contributed by atoms with E-state index in [1.54, 1.807) is 4.72 Å². The SMILES string of the molecule is O=C(O)[C@@H](CO)NS(=O)(=O)c1cccc(Cl)c1Cl. The van der Waals surface area contributed by atoms with Gasteiger partial charge in [-0.05, 0) is 12.1 Å². The van der Waals surface area contributed by atoms with Crippen molar-refractivity contribution in [2.24, 2.45) is 0 Å². The molecule has 1 aromatic carbocycles. The van der Waals surface area contributed by atoms with Gasteiger partial charge < -0.3 is 10.2 Å². The number of carbonyl (C=O) groups is 1. The summed E-state index contributed by atoms with van der Waals surface area (Å²) < 4.78 is 25.5. The molecular weight excluding hydrogens is 305 g/mol. The van der Waals surface area contributed by atoms with Gasteiger partial charge in [0.25, 0.3) is 0 Å². The molecule has 0 amide bonds. The molecule has 0 fully saturated rings. The lowest BCUT2D eigenvalue weighted by atomic mass is 10.3. The van der Waals surface area contributed by atoms with Crippen LogP contribution in [0, 0.1) is 0 Å². The molecule has 0 aliphatic carbocycles. The molecule has 3 N–H and O–H groups in total. The Balaban J connectivity index is 3.14. The number of aliphatic carboxylic acids is 1. The minimum absolute atomic E-state index is 0.0235. The summed E-state index contributed by atoms with van der Waals surface area (Å²) in [6.07, 6.45) is 0. The van der Waals surface area contributed by atoms with Gasteiger partial charge in [-0.3, -0.25) is 4.79 Å². The van der Waals surface area contributed by atoms with Crippen LogP contribution in [0.25, 0.3) is 0 Å². The zero-order valence-corrected chi connectivity index (χ0v) is 11.1. The first-order chi connectivity index (χ1) is 8.29. The number of hydrogen-bond donors (Lipinski definition) is 3. The predicted octanol–water partition coefficient (Wildman–Crippen LogP) is 0.717. The molecule has 1 atom stereocenters. The molecule has 0 saturated carbocycles. The Bertz CT molecular complexity index is 560. The number of carboxylic acids is 1. The van der Waals surface area contributed by atoms with Crippen molar-refractivity contribution in [2.75, 3.05) is 6.61 Å². The van der Waals surface area contributed by atoms with Gasteiger partial charge in [0, 0.05) is 0 Å². The standard InChI is InChI=1S/C9H9Cl2NO5S/c10-5-2-1-3-7(8(5)11)18(16,17)12-6(4-13)9(14)15/h1-3,6,12-13H,4H2,(H,14,15)/t6-/m1/s1. The number of rotatable bonds is 5. The second-order valence-electron chi connectivity index (χ2n) is 3.25. The zero-order chi connectivity index (χ0) is 13.9. The first kappa shape index (κ1) is 15.2. The third-order valence-corrected chi connectivity index (χ3v) is 4.43. The molecular formula is C9H9Cl2NO5S. The monoisotopic (exact) mass is 313 g/mol. The molecule has 0 spiro atoms. The Morgan fingerprint density at radius 3 is 2.50 bits per heavy atom. The number of aliphatic hydroxyl groups excluding tert-OH is 1. The van der Waals surface area contributed by atoms with Crippen LogP contribution in [-0.2, 0) is 14.8 Å². The van der Waals surface area contributed by atoms with E-state index in [0.717, 1.165) is 0 Å². The van der Waals surface area contributed by atoms with E-state index in [1.165, 1.54) is 18.2 Å². The Morgan fingerprint density at radius 2 is 2.00 bits per heavy atom. The van der Waals surface area contributed by atoms with Gasteiger partial charge in [-0.1, -0.05) is 29.3 Å². The number of nitrogens with one attached hydrogen (secondary N) is 1. The third kappa shape index (κ3) is 3.33. The molecule has 6 nitrogen and oxygen atoms in total. The summed E-state index contributed by atoms with van der Waals surface area (Å²) in [7, 11) is -4.18. The molecule has 0 unspecified atom stereocenters. The van der Waals surface area contributed by atoms with Gasteiger partial charge in [0.1, 0.15) is 10.9 Å². The zero-order valence-electron chi connectivity index (χ0n) is 8.80. The van der Waals surface area contributed by atoms with Crippen molar-refractivity contribution in [3.8, 4) is 0 Å².